The maximum Gasteiger partial charge on any atom is 0.491 e. The molecule has 0 bridgehead atoms. The number of hydrogen-bond donors (Lipinski definition) is 2. The van der Waals surface area contributed by atoms with Gasteiger partial charge in [0.15, 0.2) is 0 Å². The Labute approximate surface area is 101 Å². The van der Waals surface area contributed by atoms with Gasteiger partial charge >= 0.3 is 13.1 Å². The number of nitrogens with zero attached hydrogens (tertiary/aromatic N) is 2. The smallest absolute Gasteiger partial charge is 0.460 e. The number of aromatic nitrogens is 2. The van der Waals surface area contributed by atoms with E-state index in [1.165, 1.54) is 25.5 Å². The third kappa shape index (κ3) is 3.17. The van der Waals surface area contributed by atoms with Gasteiger partial charge in [0.2, 0.25) is 0 Å². The quantitative estimate of drug-likeness (QED) is 0.732. The maximum atomic E-state index is 9.05. The molecule has 1 heterocycles. The Morgan fingerprint density at radius 3 is 2.59 bits per heavy atom. The van der Waals surface area contributed by atoms with Crippen LogP contribution in [0.3, 0.4) is 0 Å². The summed E-state index contributed by atoms with van der Waals surface area (Å²) in [4.78, 5) is 8.14. The van der Waals surface area contributed by atoms with E-state index in [1.54, 1.807) is 6.92 Å². The van der Waals surface area contributed by atoms with Crippen molar-refractivity contribution in [2.24, 2.45) is 0 Å². The van der Waals surface area contributed by atoms with Crippen molar-refractivity contribution < 1.29 is 14.8 Å². The van der Waals surface area contributed by atoms with Gasteiger partial charge in [0.1, 0.15) is 6.10 Å². The highest BCUT2D eigenvalue weighted by molar-refractivity contribution is 6.58. The minimum Gasteiger partial charge on any atom is -0.460 e. The molecule has 0 unspecified atom stereocenters. The predicted octanol–water partition coefficient (Wildman–Crippen LogP) is 0.176. The zero-order valence-electron chi connectivity index (χ0n) is 9.96. The fraction of sp³-hybridized carbons (Fsp3) is 0.636. The first-order valence-corrected chi connectivity index (χ1v) is 6.03. The first-order chi connectivity index (χ1) is 8.16. The summed E-state index contributed by atoms with van der Waals surface area (Å²) in [5.74, 6) is 0. The summed E-state index contributed by atoms with van der Waals surface area (Å²) in [6.45, 7) is 1.71. The van der Waals surface area contributed by atoms with E-state index in [4.69, 9.17) is 14.8 Å². The largest absolute Gasteiger partial charge is 0.491 e. The van der Waals surface area contributed by atoms with E-state index in [-0.39, 0.29) is 6.10 Å². The second kappa shape index (κ2) is 5.47. The molecule has 0 atom stereocenters. The monoisotopic (exact) mass is 236 g/mol. The summed E-state index contributed by atoms with van der Waals surface area (Å²) in [6.07, 6.45) is 7.36. The van der Waals surface area contributed by atoms with Crippen LogP contribution in [-0.2, 0) is 0 Å². The SMILES string of the molecule is Cc1nc(OC2CCCCC2)ncc1B(O)O. The third-order valence-electron chi connectivity index (χ3n) is 3.10. The van der Waals surface area contributed by atoms with Gasteiger partial charge in [-0.1, -0.05) is 6.42 Å². The van der Waals surface area contributed by atoms with E-state index in [9.17, 15) is 0 Å². The van der Waals surface area contributed by atoms with Crippen LogP contribution in [0.1, 0.15) is 37.8 Å². The van der Waals surface area contributed by atoms with Gasteiger partial charge in [-0.3, -0.25) is 0 Å². The second-order valence-electron chi connectivity index (χ2n) is 4.44. The number of rotatable bonds is 3. The van der Waals surface area contributed by atoms with Gasteiger partial charge in [0, 0.05) is 17.4 Å². The van der Waals surface area contributed by atoms with E-state index >= 15 is 0 Å². The van der Waals surface area contributed by atoms with E-state index in [0.717, 1.165) is 12.8 Å². The molecule has 0 amide bonds. The van der Waals surface area contributed by atoms with Crippen LogP contribution in [0.5, 0.6) is 6.01 Å². The molecular weight excluding hydrogens is 219 g/mol. The Morgan fingerprint density at radius 2 is 2.00 bits per heavy atom. The Morgan fingerprint density at radius 1 is 1.29 bits per heavy atom. The molecule has 1 aromatic heterocycles. The molecule has 1 saturated carbocycles. The summed E-state index contributed by atoms with van der Waals surface area (Å²) in [6, 6.07) is 0.332. The molecule has 92 valence electrons. The van der Waals surface area contributed by atoms with Gasteiger partial charge in [-0.05, 0) is 32.6 Å². The normalized spacial score (nSPS) is 16.9. The highest BCUT2D eigenvalue weighted by Crippen LogP contribution is 2.21. The molecule has 0 spiro atoms. The molecule has 0 saturated heterocycles. The zero-order valence-corrected chi connectivity index (χ0v) is 9.96. The third-order valence-corrected chi connectivity index (χ3v) is 3.10. The Balaban J connectivity index is 2.04. The highest BCUT2D eigenvalue weighted by atomic mass is 16.5. The molecule has 1 aliphatic rings. The summed E-state index contributed by atoms with van der Waals surface area (Å²) in [5, 5.41) is 18.1. The van der Waals surface area contributed by atoms with E-state index in [1.807, 2.05) is 0 Å². The van der Waals surface area contributed by atoms with Gasteiger partial charge in [-0.2, -0.15) is 0 Å². The molecule has 0 aliphatic heterocycles. The minimum absolute atomic E-state index is 0.202. The molecule has 5 nitrogen and oxygen atoms in total. The summed E-state index contributed by atoms with van der Waals surface area (Å²) >= 11 is 0. The van der Waals surface area contributed by atoms with Crippen LogP contribution in [0.25, 0.3) is 0 Å². The van der Waals surface area contributed by atoms with Crippen LogP contribution in [-0.4, -0.2) is 33.2 Å². The van der Waals surface area contributed by atoms with E-state index in [2.05, 4.69) is 9.97 Å². The highest BCUT2D eigenvalue weighted by Gasteiger charge is 2.19. The van der Waals surface area contributed by atoms with Crippen molar-refractivity contribution in [3.8, 4) is 6.01 Å². The lowest BCUT2D eigenvalue weighted by Crippen LogP contribution is -2.33. The minimum atomic E-state index is -1.53. The van der Waals surface area contributed by atoms with Crippen LogP contribution in [0.2, 0.25) is 0 Å². The molecule has 17 heavy (non-hydrogen) atoms. The Kier molecular flexibility index (Phi) is 3.96. The lowest BCUT2D eigenvalue weighted by Gasteiger charge is -2.21. The number of hydrogen-bond acceptors (Lipinski definition) is 5. The predicted molar refractivity (Wildman–Crippen MR) is 64.1 cm³/mol. The Hall–Kier alpha value is -1.14. The van der Waals surface area contributed by atoms with E-state index < -0.39 is 7.12 Å². The standard InChI is InChI=1S/C11H17BN2O3/c1-8-10(12(15)16)7-13-11(14-8)17-9-5-3-2-4-6-9/h7,9,15-16H,2-6H2,1H3. The molecule has 1 aromatic rings. The second-order valence-corrected chi connectivity index (χ2v) is 4.44. The summed E-state index contributed by atoms with van der Waals surface area (Å²) < 4.78 is 5.69. The van der Waals surface area contributed by atoms with Crippen LogP contribution in [0.4, 0.5) is 0 Å². The van der Waals surface area contributed by atoms with Gasteiger partial charge in [0.05, 0.1) is 0 Å². The molecular formula is C11H17BN2O3. The molecule has 6 heteroatoms. The van der Waals surface area contributed by atoms with Gasteiger partial charge < -0.3 is 14.8 Å². The van der Waals surface area contributed by atoms with Crippen LogP contribution < -0.4 is 10.2 Å². The number of aryl methyl sites for hydroxylation is 1. The fourth-order valence-electron chi connectivity index (χ4n) is 2.10. The summed E-state index contributed by atoms with van der Waals surface area (Å²) in [5.41, 5.74) is 0.863. The van der Waals surface area contributed by atoms with Crippen molar-refractivity contribution in [1.82, 2.24) is 9.97 Å². The van der Waals surface area contributed by atoms with Crippen LogP contribution in [0, 0.1) is 6.92 Å². The Bertz CT molecular complexity index is 381. The van der Waals surface area contributed by atoms with Gasteiger partial charge in [-0.15, -0.1) is 0 Å². The maximum absolute atomic E-state index is 9.05. The molecule has 2 N–H and O–H groups in total. The van der Waals surface area contributed by atoms with Gasteiger partial charge in [0.25, 0.3) is 0 Å². The fourth-order valence-corrected chi connectivity index (χ4v) is 2.10. The first-order valence-electron chi connectivity index (χ1n) is 6.03. The molecule has 1 fully saturated rings. The molecule has 2 rings (SSSR count). The van der Waals surface area contributed by atoms with E-state index in [0.29, 0.717) is 17.2 Å². The van der Waals surface area contributed by atoms with Crippen molar-refractivity contribution in [2.75, 3.05) is 0 Å². The summed E-state index contributed by atoms with van der Waals surface area (Å²) in [7, 11) is -1.53. The lowest BCUT2D eigenvalue weighted by molar-refractivity contribution is 0.141. The topological polar surface area (TPSA) is 75.5 Å². The molecule has 0 radical (unpaired) electrons. The van der Waals surface area contributed by atoms with Crippen LogP contribution >= 0.6 is 0 Å². The van der Waals surface area contributed by atoms with Crippen LogP contribution in [0.15, 0.2) is 6.20 Å². The number of ether oxygens (including phenoxy) is 1. The zero-order chi connectivity index (χ0) is 12.3. The lowest BCUT2D eigenvalue weighted by atomic mass is 9.80. The average molecular weight is 236 g/mol. The van der Waals surface area contributed by atoms with Crippen molar-refractivity contribution in [1.29, 1.82) is 0 Å². The first kappa shape index (κ1) is 12.3. The van der Waals surface area contributed by atoms with Crippen molar-refractivity contribution in [3.05, 3.63) is 11.9 Å². The molecule has 1 aliphatic carbocycles. The van der Waals surface area contributed by atoms with Gasteiger partial charge in [-0.25, -0.2) is 9.97 Å². The van der Waals surface area contributed by atoms with Crippen molar-refractivity contribution >= 4 is 12.6 Å². The van der Waals surface area contributed by atoms with Crippen molar-refractivity contribution in [2.45, 2.75) is 45.1 Å². The molecule has 0 aromatic carbocycles. The average Bonchev–Trinajstić information content (AvgIpc) is 2.30. The van der Waals surface area contributed by atoms with Crippen molar-refractivity contribution in [3.63, 3.8) is 0 Å².